The lowest BCUT2D eigenvalue weighted by Crippen LogP contribution is -2.12. The van der Waals surface area contributed by atoms with E-state index in [-0.39, 0.29) is 6.15 Å². The third kappa shape index (κ3) is 22.2. The van der Waals surface area contributed by atoms with Crippen LogP contribution in [-0.4, -0.2) is 25.5 Å². The van der Waals surface area contributed by atoms with E-state index in [1.165, 1.54) is 109 Å². The lowest BCUT2D eigenvalue weighted by atomic mass is 10.0. The highest BCUT2D eigenvalue weighted by atomic mass is 15.0. The molecule has 0 unspecified atom stereocenters. The Balaban J connectivity index is 0. The van der Waals surface area contributed by atoms with E-state index >= 15 is 0 Å². The molecular weight excluding hydrogens is 268 g/mol. The van der Waals surface area contributed by atoms with Gasteiger partial charge >= 0.3 is 0 Å². The Morgan fingerprint density at radius 1 is 0.455 bits per heavy atom. The molecule has 0 saturated carbocycles. The molecule has 0 atom stereocenters. The predicted molar refractivity (Wildman–Crippen MR) is 103 cm³/mol. The van der Waals surface area contributed by atoms with E-state index in [1.54, 1.807) is 0 Å². The molecule has 0 aromatic carbocycles. The van der Waals surface area contributed by atoms with Gasteiger partial charge in [-0.05, 0) is 27.1 Å². The van der Waals surface area contributed by atoms with Gasteiger partial charge in [0.05, 0.1) is 0 Å². The van der Waals surface area contributed by atoms with Gasteiger partial charge in [0.2, 0.25) is 0 Å². The van der Waals surface area contributed by atoms with E-state index in [4.69, 9.17) is 0 Å². The Kier molecular flexibility index (Phi) is 23.0. The van der Waals surface area contributed by atoms with Crippen molar-refractivity contribution in [2.75, 3.05) is 20.6 Å². The summed E-state index contributed by atoms with van der Waals surface area (Å²) < 4.78 is 0. The highest BCUT2D eigenvalue weighted by Crippen LogP contribution is 2.13. The summed E-state index contributed by atoms with van der Waals surface area (Å²) in [5, 5.41) is 0. The van der Waals surface area contributed by atoms with E-state index in [9.17, 15) is 0 Å². The quantitative estimate of drug-likeness (QED) is 0.294. The first-order chi connectivity index (χ1) is 10.3. The molecule has 0 saturated heterocycles. The largest absolute Gasteiger partial charge is 0.344 e. The minimum atomic E-state index is 0. The zero-order valence-corrected chi connectivity index (χ0v) is 16.2. The molecule has 0 bridgehead atoms. The van der Waals surface area contributed by atoms with Gasteiger partial charge in [0.25, 0.3) is 0 Å². The van der Waals surface area contributed by atoms with Crippen LogP contribution < -0.4 is 6.15 Å². The molecular formula is C20H46N2. The van der Waals surface area contributed by atoms with Gasteiger partial charge in [-0.2, -0.15) is 0 Å². The van der Waals surface area contributed by atoms with Gasteiger partial charge in [-0.3, -0.25) is 0 Å². The molecule has 0 aromatic heterocycles. The van der Waals surface area contributed by atoms with Gasteiger partial charge in [-0.25, -0.2) is 0 Å². The van der Waals surface area contributed by atoms with Gasteiger partial charge < -0.3 is 11.1 Å². The average molecular weight is 315 g/mol. The van der Waals surface area contributed by atoms with Crippen molar-refractivity contribution in [2.45, 2.75) is 110 Å². The normalized spacial score (nSPS) is 10.9. The molecule has 0 amide bonds. The van der Waals surface area contributed by atoms with Crippen molar-refractivity contribution >= 4 is 0 Å². The van der Waals surface area contributed by atoms with E-state index in [2.05, 4.69) is 25.9 Å². The maximum absolute atomic E-state index is 2.30. The number of unbranched alkanes of at least 4 members (excludes halogenated alkanes) is 15. The van der Waals surface area contributed by atoms with Crippen LogP contribution in [0, 0.1) is 0 Å². The second kappa shape index (κ2) is 20.9. The van der Waals surface area contributed by atoms with Crippen LogP contribution in [0.4, 0.5) is 0 Å². The van der Waals surface area contributed by atoms with E-state index in [0.29, 0.717) is 0 Å². The lowest BCUT2D eigenvalue weighted by molar-refractivity contribution is 0.389. The molecule has 0 aliphatic carbocycles. The Hall–Kier alpha value is -0.0800. The average Bonchev–Trinajstić information content (AvgIpc) is 2.46. The van der Waals surface area contributed by atoms with Gasteiger partial charge in [-0.15, -0.1) is 0 Å². The summed E-state index contributed by atoms with van der Waals surface area (Å²) >= 11 is 0. The summed E-state index contributed by atoms with van der Waals surface area (Å²) in [5.41, 5.74) is 0. The zero-order valence-electron chi connectivity index (χ0n) is 16.2. The molecule has 3 N–H and O–H groups in total. The molecule has 2 nitrogen and oxygen atoms in total. The Labute approximate surface area is 142 Å². The topological polar surface area (TPSA) is 38.2 Å². The first-order valence-corrected chi connectivity index (χ1v) is 9.92. The standard InChI is InChI=1S/C20H43N.H3N/c1-4-5-6-7-8-9-10-11-12-13-14-15-16-17-18-19-20-21(2)3;/h4-20H2,1-3H3;1H3. The van der Waals surface area contributed by atoms with Crippen LogP contribution >= 0.6 is 0 Å². The van der Waals surface area contributed by atoms with Crippen molar-refractivity contribution in [1.29, 1.82) is 0 Å². The number of rotatable bonds is 17. The van der Waals surface area contributed by atoms with Crippen LogP contribution in [0.25, 0.3) is 0 Å². The number of hydrogen-bond donors (Lipinski definition) is 1. The van der Waals surface area contributed by atoms with E-state index in [1.807, 2.05) is 0 Å². The van der Waals surface area contributed by atoms with Gasteiger partial charge in [-0.1, -0.05) is 103 Å². The summed E-state index contributed by atoms with van der Waals surface area (Å²) in [4.78, 5) is 2.30. The fourth-order valence-electron chi connectivity index (χ4n) is 2.98. The molecule has 0 rings (SSSR count). The fourth-order valence-corrected chi connectivity index (χ4v) is 2.98. The summed E-state index contributed by atoms with van der Waals surface area (Å²) in [6.07, 6.45) is 23.3. The van der Waals surface area contributed by atoms with Gasteiger partial charge in [0.1, 0.15) is 0 Å². The second-order valence-corrected chi connectivity index (χ2v) is 7.11. The Bertz CT molecular complexity index is 181. The van der Waals surface area contributed by atoms with Crippen LogP contribution in [-0.2, 0) is 0 Å². The lowest BCUT2D eigenvalue weighted by Gasteiger charge is -2.08. The second-order valence-electron chi connectivity index (χ2n) is 7.11. The molecule has 0 aliphatic heterocycles. The van der Waals surface area contributed by atoms with Crippen LogP contribution in [0.5, 0.6) is 0 Å². The third-order valence-electron chi connectivity index (χ3n) is 4.46. The SMILES string of the molecule is CCCCCCCCCCCCCCCCCCN(C)C.N. The van der Waals surface area contributed by atoms with Crippen LogP contribution in [0.15, 0.2) is 0 Å². The summed E-state index contributed by atoms with van der Waals surface area (Å²) in [7, 11) is 4.34. The first kappa shape index (κ1) is 24.2. The molecule has 0 aliphatic rings. The highest BCUT2D eigenvalue weighted by molar-refractivity contribution is 4.50. The van der Waals surface area contributed by atoms with Crippen molar-refractivity contribution in [1.82, 2.24) is 11.1 Å². The third-order valence-corrected chi connectivity index (χ3v) is 4.46. The number of nitrogens with zero attached hydrogens (tertiary/aromatic N) is 1. The minimum Gasteiger partial charge on any atom is -0.344 e. The maximum Gasteiger partial charge on any atom is -0.00248 e. The van der Waals surface area contributed by atoms with Crippen LogP contribution in [0.3, 0.4) is 0 Å². The molecule has 0 fully saturated rings. The molecule has 0 heterocycles. The van der Waals surface area contributed by atoms with Gasteiger partial charge in [0, 0.05) is 0 Å². The van der Waals surface area contributed by atoms with Gasteiger partial charge in [0.15, 0.2) is 0 Å². The summed E-state index contributed by atoms with van der Waals surface area (Å²) in [6, 6.07) is 0. The maximum atomic E-state index is 2.30. The highest BCUT2D eigenvalue weighted by Gasteiger charge is 1.95. The molecule has 0 radical (unpaired) electrons. The van der Waals surface area contributed by atoms with Crippen molar-refractivity contribution in [3.05, 3.63) is 0 Å². The Morgan fingerprint density at radius 3 is 1.00 bits per heavy atom. The van der Waals surface area contributed by atoms with E-state index < -0.39 is 0 Å². The zero-order chi connectivity index (χ0) is 15.6. The van der Waals surface area contributed by atoms with Crippen LogP contribution in [0.1, 0.15) is 110 Å². The summed E-state index contributed by atoms with van der Waals surface area (Å²) in [5.74, 6) is 0. The predicted octanol–water partition coefficient (Wildman–Crippen LogP) is 6.97. The number of hydrogen-bond acceptors (Lipinski definition) is 2. The molecule has 0 aromatic rings. The first-order valence-electron chi connectivity index (χ1n) is 9.92. The smallest absolute Gasteiger partial charge is 0.00248 e. The van der Waals surface area contributed by atoms with Crippen molar-refractivity contribution in [2.24, 2.45) is 0 Å². The van der Waals surface area contributed by atoms with Crippen molar-refractivity contribution < 1.29 is 0 Å². The van der Waals surface area contributed by atoms with Crippen molar-refractivity contribution in [3.8, 4) is 0 Å². The van der Waals surface area contributed by atoms with E-state index in [0.717, 1.165) is 0 Å². The fraction of sp³-hybridized carbons (Fsp3) is 1.00. The monoisotopic (exact) mass is 314 g/mol. The molecule has 0 spiro atoms. The van der Waals surface area contributed by atoms with Crippen molar-refractivity contribution in [3.63, 3.8) is 0 Å². The molecule has 2 heteroatoms. The summed E-state index contributed by atoms with van der Waals surface area (Å²) in [6.45, 7) is 3.56. The minimum absolute atomic E-state index is 0. The molecule has 22 heavy (non-hydrogen) atoms. The Morgan fingerprint density at radius 2 is 0.727 bits per heavy atom. The van der Waals surface area contributed by atoms with Crippen LogP contribution in [0.2, 0.25) is 0 Å². The molecule has 136 valence electrons.